The number of H-pyrrole nitrogens is 1. The number of fused-ring (bicyclic) bond motifs is 1. The Kier molecular flexibility index (Phi) is 2.98. The Balaban J connectivity index is 2.02. The molecule has 100 valence electrons. The van der Waals surface area contributed by atoms with E-state index in [0.717, 1.165) is 25.9 Å². The Morgan fingerprint density at radius 1 is 1.37 bits per heavy atom. The molecule has 0 saturated carbocycles. The SMILES string of the molecule is CN1CCC[C@H](C(=O)n2c(=O)[nH]c3ccccc32)C1. The van der Waals surface area contributed by atoms with Gasteiger partial charge in [-0.2, -0.15) is 0 Å². The van der Waals surface area contributed by atoms with Crippen LogP contribution in [0.15, 0.2) is 29.1 Å². The number of nitrogens with one attached hydrogen (secondary N) is 1. The van der Waals surface area contributed by atoms with Crippen LogP contribution in [-0.2, 0) is 0 Å². The van der Waals surface area contributed by atoms with E-state index in [0.29, 0.717) is 11.0 Å². The van der Waals surface area contributed by atoms with Gasteiger partial charge < -0.3 is 9.88 Å². The molecule has 1 N–H and O–H groups in total. The highest BCUT2D eigenvalue weighted by Crippen LogP contribution is 2.18. The van der Waals surface area contributed by atoms with Crippen molar-refractivity contribution in [1.82, 2.24) is 14.5 Å². The van der Waals surface area contributed by atoms with Crippen molar-refractivity contribution in [2.45, 2.75) is 12.8 Å². The summed E-state index contributed by atoms with van der Waals surface area (Å²) in [5, 5.41) is 0. The minimum atomic E-state index is -0.334. The second-order valence-corrected chi connectivity index (χ2v) is 5.22. The number of likely N-dealkylation sites (tertiary alicyclic amines) is 1. The number of rotatable bonds is 1. The smallest absolute Gasteiger partial charge is 0.306 e. The van der Waals surface area contributed by atoms with Crippen LogP contribution in [0.5, 0.6) is 0 Å². The molecule has 5 heteroatoms. The van der Waals surface area contributed by atoms with Crippen LogP contribution in [0, 0.1) is 5.92 Å². The molecule has 1 atom stereocenters. The number of para-hydroxylation sites is 2. The van der Waals surface area contributed by atoms with E-state index in [4.69, 9.17) is 0 Å². The number of carbonyl (C=O) groups excluding carboxylic acids is 1. The fraction of sp³-hybridized carbons (Fsp3) is 0.429. The molecule has 1 aromatic heterocycles. The van der Waals surface area contributed by atoms with Gasteiger partial charge in [0.15, 0.2) is 0 Å². The Morgan fingerprint density at radius 3 is 2.95 bits per heavy atom. The Hall–Kier alpha value is -1.88. The average molecular weight is 259 g/mol. The van der Waals surface area contributed by atoms with Gasteiger partial charge in [0.1, 0.15) is 0 Å². The monoisotopic (exact) mass is 259 g/mol. The summed E-state index contributed by atoms with van der Waals surface area (Å²) in [5.74, 6) is -0.176. The van der Waals surface area contributed by atoms with Gasteiger partial charge in [-0.3, -0.25) is 4.79 Å². The summed E-state index contributed by atoms with van der Waals surface area (Å²) in [4.78, 5) is 29.4. The highest BCUT2D eigenvalue weighted by atomic mass is 16.2. The molecule has 0 unspecified atom stereocenters. The summed E-state index contributed by atoms with van der Waals surface area (Å²) in [5.41, 5.74) is 1.05. The van der Waals surface area contributed by atoms with Crippen LogP contribution in [0.1, 0.15) is 17.6 Å². The number of hydrogen-bond donors (Lipinski definition) is 1. The van der Waals surface area contributed by atoms with Gasteiger partial charge in [-0.1, -0.05) is 12.1 Å². The third-order valence-corrected chi connectivity index (χ3v) is 3.78. The normalized spacial score (nSPS) is 20.8. The molecule has 0 aliphatic carbocycles. The molecule has 1 fully saturated rings. The third kappa shape index (κ3) is 2.10. The van der Waals surface area contributed by atoms with Crippen molar-refractivity contribution in [3.8, 4) is 0 Å². The van der Waals surface area contributed by atoms with E-state index in [1.807, 2.05) is 25.2 Å². The number of aromatic amines is 1. The standard InChI is InChI=1S/C14H17N3O2/c1-16-8-4-5-10(9-16)13(18)17-12-7-3-2-6-11(12)15-14(17)19/h2-3,6-7,10H,4-5,8-9H2,1H3,(H,15,19)/t10-/m0/s1. The molecule has 1 saturated heterocycles. The fourth-order valence-electron chi connectivity index (χ4n) is 2.82. The van der Waals surface area contributed by atoms with Crippen LogP contribution in [0.2, 0.25) is 0 Å². The van der Waals surface area contributed by atoms with Crippen molar-refractivity contribution in [3.05, 3.63) is 34.7 Å². The summed E-state index contributed by atoms with van der Waals surface area (Å²) < 4.78 is 1.29. The maximum Gasteiger partial charge on any atom is 0.333 e. The number of piperidine rings is 1. The van der Waals surface area contributed by atoms with Gasteiger partial charge in [0.05, 0.1) is 17.0 Å². The Bertz CT molecular complexity index is 671. The minimum absolute atomic E-state index is 0.0874. The molecule has 1 aliphatic rings. The molecular weight excluding hydrogens is 242 g/mol. The molecule has 19 heavy (non-hydrogen) atoms. The average Bonchev–Trinajstić information content (AvgIpc) is 2.74. The molecule has 0 amide bonds. The van der Waals surface area contributed by atoms with E-state index in [2.05, 4.69) is 9.88 Å². The minimum Gasteiger partial charge on any atom is -0.306 e. The van der Waals surface area contributed by atoms with E-state index in [-0.39, 0.29) is 17.5 Å². The molecule has 2 heterocycles. The molecule has 0 bridgehead atoms. The van der Waals surface area contributed by atoms with Crippen LogP contribution in [0.3, 0.4) is 0 Å². The predicted octanol–water partition coefficient (Wildman–Crippen LogP) is 1.31. The number of imidazole rings is 1. The molecule has 3 rings (SSSR count). The Labute approximate surface area is 110 Å². The van der Waals surface area contributed by atoms with E-state index >= 15 is 0 Å². The largest absolute Gasteiger partial charge is 0.333 e. The maximum absolute atomic E-state index is 12.6. The molecule has 0 radical (unpaired) electrons. The summed E-state index contributed by atoms with van der Waals surface area (Å²) in [6.07, 6.45) is 1.86. The highest BCUT2D eigenvalue weighted by Gasteiger charge is 2.27. The lowest BCUT2D eigenvalue weighted by molar-refractivity contribution is 0.0756. The highest BCUT2D eigenvalue weighted by molar-refractivity contribution is 5.91. The van der Waals surface area contributed by atoms with Crippen molar-refractivity contribution in [2.24, 2.45) is 5.92 Å². The molecule has 0 spiro atoms. The van der Waals surface area contributed by atoms with Gasteiger partial charge in [0.2, 0.25) is 5.91 Å². The first kappa shape index (κ1) is 12.2. The van der Waals surface area contributed by atoms with Gasteiger partial charge in [-0.15, -0.1) is 0 Å². The van der Waals surface area contributed by atoms with Gasteiger partial charge in [-0.25, -0.2) is 9.36 Å². The first-order chi connectivity index (χ1) is 9.16. The molecule has 1 aromatic carbocycles. The lowest BCUT2D eigenvalue weighted by Gasteiger charge is -2.28. The van der Waals surface area contributed by atoms with E-state index < -0.39 is 0 Å². The van der Waals surface area contributed by atoms with Crippen molar-refractivity contribution < 1.29 is 4.79 Å². The van der Waals surface area contributed by atoms with Crippen LogP contribution in [0.4, 0.5) is 0 Å². The van der Waals surface area contributed by atoms with Crippen LogP contribution >= 0.6 is 0 Å². The topological polar surface area (TPSA) is 58.1 Å². The van der Waals surface area contributed by atoms with Crippen molar-refractivity contribution in [3.63, 3.8) is 0 Å². The predicted molar refractivity (Wildman–Crippen MR) is 73.4 cm³/mol. The number of benzene rings is 1. The zero-order valence-electron chi connectivity index (χ0n) is 10.9. The molecule has 2 aromatic rings. The van der Waals surface area contributed by atoms with Gasteiger partial charge in [0.25, 0.3) is 0 Å². The van der Waals surface area contributed by atoms with E-state index in [1.54, 1.807) is 6.07 Å². The van der Waals surface area contributed by atoms with Gasteiger partial charge in [-0.05, 0) is 38.6 Å². The van der Waals surface area contributed by atoms with Crippen LogP contribution in [-0.4, -0.2) is 40.5 Å². The number of carbonyl (C=O) groups is 1. The summed E-state index contributed by atoms with van der Waals surface area (Å²) in [6, 6.07) is 7.30. The maximum atomic E-state index is 12.6. The number of hydrogen-bond acceptors (Lipinski definition) is 3. The summed E-state index contributed by atoms with van der Waals surface area (Å²) in [7, 11) is 2.01. The molecular formula is C14H17N3O2. The van der Waals surface area contributed by atoms with Crippen molar-refractivity contribution >= 4 is 16.9 Å². The van der Waals surface area contributed by atoms with Crippen molar-refractivity contribution in [2.75, 3.05) is 20.1 Å². The lowest BCUT2D eigenvalue weighted by Crippen LogP contribution is -2.40. The lowest BCUT2D eigenvalue weighted by atomic mass is 9.97. The first-order valence-corrected chi connectivity index (χ1v) is 6.59. The number of nitrogens with zero attached hydrogens (tertiary/aromatic N) is 2. The summed E-state index contributed by atoms with van der Waals surface area (Å²) >= 11 is 0. The van der Waals surface area contributed by atoms with Crippen LogP contribution in [0.25, 0.3) is 11.0 Å². The second kappa shape index (κ2) is 4.66. The van der Waals surface area contributed by atoms with Gasteiger partial charge >= 0.3 is 5.69 Å². The Morgan fingerprint density at radius 2 is 2.16 bits per heavy atom. The van der Waals surface area contributed by atoms with E-state index in [9.17, 15) is 9.59 Å². The van der Waals surface area contributed by atoms with Crippen molar-refractivity contribution in [1.29, 1.82) is 0 Å². The third-order valence-electron chi connectivity index (χ3n) is 3.78. The zero-order chi connectivity index (χ0) is 13.4. The first-order valence-electron chi connectivity index (χ1n) is 6.59. The second-order valence-electron chi connectivity index (χ2n) is 5.22. The molecule has 5 nitrogen and oxygen atoms in total. The van der Waals surface area contributed by atoms with Gasteiger partial charge in [0, 0.05) is 6.54 Å². The van der Waals surface area contributed by atoms with Crippen LogP contribution < -0.4 is 5.69 Å². The summed E-state index contributed by atoms with van der Waals surface area (Å²) in [6.45, 7) is 1.75. The quantitative estimate of drug-likeness (QED) is 0.840. The fourth-order valence-corrected chi connectivity index (χ4v) is 2.82. The molecule has 1 aliphatic heterocycles. The zero-order valence-corrected chi connectivity index (χ0v) is 10.9. The number of aromatic nitrogens is 2. The van der Waals surface area contributed by atoms with E-state index in [1.165, 1.54) is 4.57 Å².